The SMILES string of the molecule is O=c1nc(SCC2CC2)ccn1[C@@H]1O[C@H](COP(=O)(O)OP(=O)(O)OP(=O)(O)OCc2ccc3ccccc3c2)C(O)(O)C1(O)O. The van der Waals surface area contributed by atoms with Crippen LogP contribution in [0.25, 0.3) is 10.8 Å². The molecule has 22 heteroatoms. The summed E-state index contributed by atoms with van der Waals surface area (Å²) in [6.45, 7) is -2.00. The van der Waals surface area contributed by atoms with Crippen molar-refractivity contribution in [2.45, 2.75) is 48.4 Å². The Kier molecular flexibility index (Phi) is 10.2. The molecular formula is C24H29N2O16P3S. The molecule has 3 aromatic rings. The molecule has 3 unspecified atom stereocenters. The number of thioether (sulfide) groups is 1. The average Bonchev–Trinajstić information content (AvgIpc) is 3.76. The van der Waals surface area contributed by atoms with Crippen LogP contribution in [0.4, 0.5) is 0 Å². The molecule has 1 aromatic heterocycles. The van der Waals surface area contributed by atoms with Crippen molar-refractivity contribution in [3.05, 3.63) is 70.8 Å². The van der Waals surface area contributed by atoms with Crippen LogP contribution in [0.1, 0.15) is 24.6 Å². The van der Waals surface area contributed by atoms with Crippen LogP contribution in [-0.4, -0.2) is 74.7 Å². The van der Waals surface area contributed by atoms with Gasteiger partial charge in [0.1, 0.15) is 11.1 Å². The highest BCUT2D eigenvalue weighted by atomic mass is 32.2. The largest absolute Gasteiger partial charge is 0.490 e. The summed E-state index contributed by atoms with van der Waals surface area (Å²) in [6, 6.07) is 13.4. The van der Waals surface area contributed by atoms with E-state index in [9.17, 15) is 53.6 Å². The molecule has 2 aliphatic rings. The molecule has 5 rings (SSSR count). The number of ether oxygens (including phenoxy) is 1. The number of benzene rings is 2. The van der Waals surface area contributed by atoms with E-state index in [1.165, 1.54) is 17.8 Å². The van der Waals surface area contributed by atoms with E-state index >= 15 is 0 Å². The van der Waals surface area contributed by atoms with Gasteiger partial charge in [0.05, 0.1) is 13.2 Å². The predicted octanol–water partition coefficient (Wildman–Crippen LogP) is 1.73. The summed E-state index contributed by atoms with van der Waals surface area (Å²) < 4.78 is 59.8. The molecule has 2 aromatic carbocycles. The van der Waals surface area contributed by atoms with Crippen LogP contribution in [-0.2, 0) is 42.7 Å². The van der Waals surface area contributed by atoms with E-state index < -0.39 is 66.3 Å². The Morgan fingerprint density at radius 3 is 2.20 bits per heavy atom. The summed E-state index contributed by atoms with van der Waals surface area (Å²) in [6.07, 6.45) is -1.32. The first-order valence-corrected chi connectivity index (χ1v) is 18.8. The molecule has 7 N–H and O–H groups in total. The fraction of sp³-hybridized carbons (Fsp3) is 0.417. The third-order valence-corrected chi connectivity index (χ3v) is 12.3. The second-order valence-corrected chi connectivity index (χ2v) is 16.1. The van der Waals surface area contributed by atoms with Crippen LogP contribution in [0, 0.1) is 5.92 Å². The highest BCUT2D eigenvalue weighted by Gasteiger charge is 2.67. The summed E-state index contributed by atoms with van der Waals surface area (Å²) >= 11 is 1.30. The van der Waals surface area contributed by atoms with E-state index in [2.05, 4.69) is 18.1 Å². The van der Waals surface area contributed by atoms with Crippen molar-refractivity contribution >= 4 is 46.0 Å². The van der Waals surface area contributed by atoms with Crippen LogP contribution >= 0.6 is 35.2 Å². The van der Waals surface area contributed by atoms with Crippen molar-refractivity contribution in [2.75, 3.05) is 12.4 Å². The summed E-state index contributed by atoms with van der Waals surface area (Å²) in [7, 11) is -17.0. The quantitative estimate of drug-likeness (QED) is 0.0539. The topological polar surface area (TPSA) is 274 Å². The lowest BCUT2D eigenvalue weighted by atomic mass is 10.0. The van der Waals surface area contributed by atoms with Crippen molar-refractivity contribution in [3.63, 3.8) is 0 Å². The zero-order valence-corrected chi connectivity index (χ0v) is 26.9. The van der Waals surface area contributed by atoms with Crippen molar-refractivity contribution in [1.82, 2.24) is 9.55 Å². The zero-order chi connectivity index (χ0) is 33.5. The second-order valence-electron chi connectivity index (χ2n) is 10.5. The Morgan fingerprint density at radius 1 is 0.891 bits per heavy atom. The number of aliphatic hydroxyl groups is 4. The maximum Gasteiger partial charge on any atom is 0.490 e. The monoisotopic (exact) mass is 726 g/mol. The minimum Gasteiger partial charge on any atom is -0.359 e. The van der Waals surface area contributed by atoms with Crippen molar-refractivity contribution in [1.29, 1.82) is 0 Å². The van der Waals surface area contributed by atoms with Gasteiger partial charge in [-0.25, -0.2) is 18.5 Å². The van der Waals surface area contributed by atoms with Crippen LogP contribution in [0.5, 0.6) is 0 Å². The molecule has 0 spiro atoms. The Bertz CT molecular complexity index is 1800. The first-order valence-electron chi connectivity index (χ1n) is 13.3. The predicted molar refractivity (Wildman–Crippen MR) is 157 cm³/mol. The fourth-order valence-corrected chi connectivity index (χ4v) is 8.82. The van der Waals surface area contributed by atoms with Crippen molar-refractivity contribution in [3.8, 4) is 0 Å². The Hall–Kier alpha value is -1.86. The standard InChI is InChI=1S/C24H29N2O16P3S/c27-22-25-20(46-14-15-5-6-15)9-10-26(22)21-24(30,31)23(28,29)19(40-21)13-39-44(34,35)42-45(36,37)41-43(32,33)38-12-16-7-8-17-3-1-2-4-18(17)11-16/h1-4,7-11,15,19,21,28-31H,5-6,12-14H2,(H,32,33)(H,34,35)(H,36,37)/t19-,21-/m1/s1. The van der Waals surface area contributed by atoms with E-state index in [1.54, 1.807) is 36.4 Å². The minimum absolute atomic E-state index is 0.326. The number of fused-ring (bicyclic) bond motifs is 1. The van der Waals surface area contributed by atoms with E-state index in [1.807, 2.05) is 6.07 Å². The molecule has 1 aliphatic carbocycles. The molecule has 0 radical (unpaired) electrons. The molecule has 1 saturated carbocycles. The first kappa shape index (κ1) is 35.4. The Balaban J connectivity index is 1.18. The number of aromatic nitrogens is 2. The zero-order valence-electron chi connectivity index (χ0n) is 23.4. The lowest BCUT2D eigenvalue weighted by Gasteiger charge is -2.31. The van der Waals surface area contributed by atoms with Gasteiger partial charge in [-0.1, -0.05) is 36.4 Å². The van der Waals surface area contributed by atoms with Gasteiger partial charge in [0.15, 0.2) is 6.23 Å². The molecular weight excluding hydrogens is 697 g/mol. The summed E-state index contributed by atoms with van der Waals surface area (Å²) in [5, 5.41) is 43.6. The Morgan fingerprint density at radius 2 is 1.54 bits per heavy atom. The normalized spacial score (nSPS) is 24.7. The molecule has 2 fully saturated rings. The van der Waals surface area contributed by atoms with Crippen LogP contribution < -0.4 is 5.69 Å². The molecule has 0 amide bonds. The van der Waals surface area contributed by atoms with E-state index in [0.717, 1.165) is 35.6 Å². The van der Waals surface area contributed by atoms with Gasteiger partial charge in [-0.2, -0.15) is 13.6 Å². The third kappa shape index (κ3) is 8.40. The van der Waals surface area contributed by atoms with E-state index in [0.29, 0.717) is 21.1 Å². The van der Waals surface area contributed by atoms with Gasteiger partial charge >= 0.3 is 29.2 Å². The maximum atomic E-state index is 12.6. The average molecular weight is 726 g/mol. The molecule has 0 bridgehead atoms. The lowest BCUT2D eigenvalue weighted by Crippen LogP contribution is -2.59. The van der Waals surface area contributed by atoms with Gasteiger partial charge in [-0.3, -0.25) is 13.6 Å². The highest BCUT2D eigenvalue weighted by Crippen LogP contribution is 2.68. The summed E-state index contributed by atoms with van der Waals surface area (Å²) in [4.78, 5) is 46.1. The van der Waals surface area contributed by atoms with Crippen molar-refractivity contribution in [2.24, 2.45) is 5.92 Å². The summed E-state index contributed by atoms with van der Waals surface area (Å²) in [5.74, 6) is -6.04. The molecule has 18 nitrogen and oxygen atoms in total. The first-order chi connectivity index (χ1) is 21.4. The number of nitrogens with zero attached hydrogens (tertiary/aromatic N) is 2. The molecule has 1 saturated heterocycles. The van der Waals surface area contributed by atoms with Gasteiger partial charge in [-0.15, -0.1) is 11.8 Å². The van der Waals surface area contributed by atoms with Crippen LogP contribution in [0.3, 0.4) is 0 Å². The molecule has 2 heterocycles. The molecule has 5 atom stereocenters. The van der Waals surface area contributed by atoms with Crippen LogP contribution in [0.15, 0.2) is 64.5 Å². The summed E-state index contributed by atoms with van der Waals surface area (Å²) in [5.41, 5.74) is -0.681. The lowest BCUT2D eigenvalue weighted by molar-refractivity contribution is -0.355. The number of hydrogen-bond donors (Lipinski definition) is 7. The maximum absolute atomic E-state index is 12.6. The third-order valence-electron chi connectivity index (χ3n) is 6.86. The van der Waals surface area contributed by atoms with E-state index in [4.69, 9.17) is 9.26 Å². The van der Waals surface area contributed by atoms with Gasteiger partial charge in [0, 0.05) is 11.9 Å². The van der Waals surface area contributed by atoms with E-state index in [-0.39, 0.29) is 0 Å². The van der Waals surface area contributed by atoms with Crippen LogP contribution in [0.2, 0.25) is 0 Å². The second kappa shape index (κ2) is 13.2. The number of hydrogen-bond acceptors (Lipinski definition) is 15. The highest BCUT2D eigenvalue weighted by molar-refractivity contribution is 7.99. The van der Waals surface area contributed by atoms with Gasteiger partial charge < -0.3 is 39.8 Å². The number of phosphoric ester groups is 2. The fourth-order valence-electron chi connectivity index (χ4n) is 4.29. The Labute approximate surface area is 264 Å². The smallest absolute Gasteiger partial charge is 0.359 e. The van der Waals surface area contributed by atoms with Gasteiger partial charge in [0.2, 0.25) is 0 Å². The minimum atomic E-state index is -5.89. The molecule has 46 heavy (non-hydrogen) atoms. The number of rotatable bonds is 14. The van der Waals surface area contributed by atoms with Gasteiger partial charge in [0.25, 0.3) is 11.6 Å². The molecule has 1 aliphatic heterocycles. The number of phosphoric acid groups is 3. The van der Waals surface area contributed by atoms with Gasteiger partial charge in [-0.05, 0) is 47.2 Å². The molecule has 252 valence electrons. The van der Waals surface area contributed by atoms with Crippen molar-refractivity contribution < 1.29 is 71.2 Å².